The molecule has 0 saturated carbocycles. The van der Waals surface area contributed by atoms with Crippen LogP contribution in [0.25, 0.3) is 0 Å². The first-order valence-corrected chi connectivity index (χ1v) is 6.18. The predicted molar refractivity (Wildman–Crippen MR) is 73.8 cm³/mol. The van der Waals surface area contributed by atoms with Gasteiger partial charge < -0.3 is 11.1 Å². The molecule has 0 bridgehead atoms. The van der Waals surface area contributed by atoms with Crippen molar-refractivity contribution in [3.63, 3.8) is 0 Å². The SMILES string of the molecule is NC(=S)CCNC(=O)CCCc1ccccc1. The zero-order valence-electron chi connectivity index (χ0n) is 9.82. The van der Waals surface area contributed by atoms with Crippen LogP contribution in [0.3, 0.4) is 0 Å². The van der Waals surface area contributed by atoms with E-state index in [1.54, 1.807) is 0 Å². The molecule has 1 amide bonds. The summed E-state index contributed by atoms with van der Waals surface area (Å²) in [5.74, 6) is 0.0668. The fourth-order valence-corrected chi connectivity index (χ4v) is 1.61. The minimum absolute atomic E-state index is 0.0668. The maximum Gasteiger partial charge on any atom is 0.220 e. The van der Waals surface area contributed by atoms with Gasteiger partial charge in [-0.05, 0) is 18.4 Å². The first-order chi connectivity index (χ1) is 8.18. The van der Waals surface area contributed by atoms with Crippen LogP contribution >= 0.6 is 12.2 Å². The molecule has 0 aliphatic carbocycles. The predicted octanol–water partition coefficient (Wildman–Crippen LogP) is 1.80. The molecule has 0 heterocycles. The standard InChI is InChI=1S/C13H18N2OS/c14-12(17)9-10-15-13(16)8-4-7-11-5-2-1-3-6-11/h1-3,5-6H,4,7-10H2,(H2,14,17)(H,15,16). The Kier molecular flexibility index (Phi) is 6.25. The number of rotatable bonds is 7. The number of thiocarbonyl (C=S) groups is 1. The highest BCUT2D eigenvalue weighted by atomic mass is 32.1. The van der Waals surface area contributed by atoms with Crippen molar-refractivity contribution in [3.05, 3.63) is 35.9 Å². The lowest BCUT2D eigenvalue weighted by Gasteiger charge is -2.04. The third-order valence-electron chi connectivity index (χ3n) is 2.41. The Morgan fingerprint density at radius 1 is 1.24 bits per heavy atom. The number of amides is 1. The van der Waals surface area contributed by atoms with Gasteiger partial charge in [0.2, 0.25) is 5.91 Å². The van der Waals surface area contributed by atoms with Crippen molar-refractivity contribution in [2.45, 2.75) is 25.7 Å². The number of aryl methyl sites for hydroxylation is 1. The molecule has 0 aliphatic rings. The smallest absolute Gasteiger partial charge is 0.220 e. The zero-order valence-corrected chi connectivity index (χ0v) is 10.6. The monoisotopic (exact) mass is 250 g/mol. The Hall–Kier alpha value is -1.42. The molecule has 1 aromatic carbocycles. The number of nitrogens with one attached hydrogen (secondary N) is 1. The van der Waals surface area contributed by atoms with E-state index < -0.39 is 0 Å². The first kappa shape index (κ1) is 13.6. The summed E-state index contributed by atoms with van der Waals surface area (Å²) < 4.78 is 0. The molecule has 0 saturated heterocycles. The highest BCUT2D eigenvalue weighted by Gasteiger charge is 2.01. The molecule has 1 rings (SSSR count). The molecule has 0 fully saturated rings. The van der Waals surface area contributed by atoms with Crippen molar-refractivity contribution in [1.29, 1.82) is 0 Å². The molecule has 0 aliphatic heterocycles. The Morgan fingerprint density at radius 2 is 1.94 bits per heavy atom. The Balaban J connectivity index is 2.10. The number of carbonyl (C=O) groups excluding carboxylic acids is 1. The molecule has 3 N–H and O–H groups in total. The third kappa shape index (κ3) is 6.68. The zero-order chi connectivity index (χ0) is 12.5. The largest absolute Gasteiger partial charge is 0.393 e. The first-order valence-electron chi connectivity index (χ1n) is 5.77. The molecule has 17 heavy (non-hydrogen) atoms. The molecule has 0 radical (unpaired) electrons. The van der Waals surface area contributed by atoms with E-state index in [1.165, 1.54) is 5.56 Å². The average Bonchev–Trinajstić information content (AvgIpc) is 2.30. The third-order valence-corrected chi connectivity index (χ3v) is 2.61. The topological polar surface area (TPSA) is 55.1 Å². The van der Waals surface area contributed by atoms with Crippen molar-refractivity contribution >= 4 is 23.1 Å². The molecule has 0 unspecified atom stereocenters. The molecular formula is C13H18N2OS. The molecule has 4 heteroatoms. The maximum atomic E-state index is 11.4. The Bertz CT molecular complexity index is 365. The quantitative estimate of drug-likeness (QED) is 0.726. The minimum atomic E-state index is 0.0668. The molecule has 0 spiro atoms. The number of nitrogens with two attached hydrogens (primary N) is 1. The van der Waals surface area contributed by atoms with E-state index in [4.69, 9.17) is 18.0 Å². The van der Waals surface area contributed by atoms with Gasteiger partial charge in [0, 0.05) is 19.4 Å². The minimum Gasteiger partial charge on any atom is -0.393 e. The van der Waals surface area contributed by atoms with Gasteiger partial charge in [0.15, 0.2) is 0 Å². The summed E-state index contributed by atoms with van der Waals surface area (Å²) in [6, 6.07) is 10.2. The fraction of sp³-hybridized carbons (Fsp3) is 0.385. The van der Waals surface area contributed by atoms with Crippen LogP contribution in [0.4, 0.5) is 0 Å². The molecule has 1 aromatic rings. The maximum absolute atomic E-state index is 11.4. The molecule has 3 nitrogen and oxygen atoms in total. The molecule has 0 atom stereocenters. The van der Waals surface area contributed by atoms with E-state index in [1.807, 2.05) is 18.2 Å². The Labute approximate surface area is 107 Å². The second-order valence-electron chi connectivity index (χ2n) is 3.91. The van der Waals surface area contributed by atoms with Gasteiger partial charge in [-0.1, -0.05) is 42.5 Å². The van der Waals surface area contributed by atoms with Crippen LogP contribution in [-0.4, -0.2) is 17.4 Å². The normalized spacial score (nSPS) is 9.88. The second-order valence-corrected chi connectivity index (χ2v) is 4.43. The summed E-state index contributed by atoms with van der Waals surface area (Å²) >= 11 is 4.73. The summed E-state index contributed by atoms with van der Waals surface area (Å²) in [5.41, 5.74) is 6.60. The summed E-state index contributed by atoms with van der Waals surface area (Å²) in [6.45, 7) is 0.541. The number of hydrogen-bond donors (Lipinski definition) is 2. The van der Waals surface area contributed by atoms with Gasteiger partial charge in [-0.15, -0.1) is 0 Å². The van der Waals surface area contributed by atoms with E-state index in [9.17, 15) is 4.79 Å². The summed E-state index contributed by atoms with van der Waals surface area (Å²) in [7, 11) is 0. The second kappa shape index (κ2) is 7.79. The summed E-state index contributed by atoms with van der Waals surface area (Å²) in [5, 5.41) is 2.79. The van der Waals surface area contributed by atoms with Gasteiger partial charge in [-0.25, -0.2) is 0 Å². The highest BCUT2D eigenvalue weighted by Crippen LogP contribution is 2.04. The fourth-order valence-electron chi connectivity index (χ4n) is 1.51. The van der Waals surface area contributed by atoms with Crippen LogP contribution < -0.4 is 11.1 Å². The summed E-state index contributed by atoms with van der Waals surface area (Å²) in [6.07, 6.45) is 2.92. The van der Waals surface area contributed by atoms with Crippen LogP contribution in [0.5, 0.6) is 0 Å². The van der Waals surface area contributed by atoms with E-state index in [0.717, 1.165) is 12.8 Å². The summed E-state index contributed by atoms with van der Waals surface area (Å²) in [4.78, 5) is 11.9. The van der Waals surface area contributed by atoms with E-state index in [-0.39, 0.29) is 5.91 Å². The lowest BCUT2D eigenvalue weighted by atomic mass is 10.1. The van der Waals surface area contributed by atoms with E-state index in [0.29, 0.717) is 24.4 Å². The van der Waals surface area contributed by atoms with Gasteiger partial charge in [-0.2, -0.15) is 0 Å². The van der Waals surface area contributed by atoms with Crippen LogP contribution in [0, 0.1) is 0 Å². The molecular weight excluding hydrogens is 232 g/mol. The molecule has 0 aromatic heterocycles. The van der Waals surface area contributed by atoms with Crippen LogP contribution in [0.15, 0.2) is 30.3 Å². The van der Waals surface area contributed by atoms with Crippen molar-refractivity contribution in [3.8, 4) is 0 Å². The van der Waals surface area contributed by atoms with Crippen molar-refractivity contribution in [2.75, 3.05) is 6.54 Å². The number of hydrogen-bond acceptors (Lipinski definition) is 2. The van der Waals surface area contributed by atoms with Crippen molar-refractivity contribution in [1.82, 2.24) is 5.32 Å². The van der Waals surface area contributed by atoms with Crippen molar-refractivity contribution in [2.24, 2.45) is 5.73 Å². The van der Waals surface area contributed by atoms with Crippen LogP contribution in [0.1, 0.15) is 24.8 Å². The number of benzene rings is 1. The van der Waals surface area contributed by atoms with E-state index >= 15 is 0 Å². The number of carbonyl (C=O) groups is 1. The van der Waals surface area contributed by atoms with Crippen molar-refractivity contribution < 1.29 is 4.79 Å². The van der Waals surface area contributed by atoms with Gasteiger partial charge in [0.25, 0.3) is 0 Å². The average molecular weight is 250 g/mol. The lowest BCUT2D eigenvalue weighted by molar-refractivity contribution is -0.121. The van der Waals surface area contributed by atoms with Crippen LogP contribution in [0.2, 0.25) is 0 Å². The van der Waals surface area contributed by atoms with Crippen LogP contribution in [-0.2, 0) is 11.2 Å². The van der Waals surface area contributed by atoms with Gasteiger partial charge in [0.1, 0.15) is 0 Å². The van der Waals surface area contributed by atoms with Gasteiger partial charge in [0.05, 0.1) is 4.99 Å². The van der Waals surface area contributed by atoms with E-state index in [2.05, 4.69) is 17.4 Å². The molecule has 92 valence electrons. The Morgan fingerprint density at radius 3 is 2.59 bits per heavy atom. The van der Waals surface area contributed by atoms with Gasteiger partial charge >= 0.3 is 0 Å². The highest BCUT2D eigenvalue weighted by molar-refractivity contribution is 7.80. The van der Waals surface area contributed by atoms with Gasteiger partial charge in [-0.3, -0.25) is 4.79 Å². The lowest BCUT2D eigenvalue weighted by Crippen LogP contribution is -2.27.